The van der Waals surface area contributed by atoms with Gasteiger partial charge in [-0.25, -0.2) is 0 Å². The molecule has 1 aromatic rings. The van der Waals surface area contributed by atoms with Crippen molar-refractivity contribution in [1.29, 1.82) is 0 Å². The van der Waals surface area contributed by atoms with Gasteiger partial charge in [0.25, 0.3) is 5.91 Å². The van der Waals surface area contributed by atoms with Crippen LogP contribution in [0.25, 0.3) is 0 Å². The third-order valence-electron chi connectivity index (χ3n) is 3.92. The summed E-state index contributed by atoms with van der Waals surface area (Å²) >= 11 is 0. The van der Waals surface area contributed by atoms with Crippen LogP contribution in [0, 0.1) is 0 Å². The molecule has 2 N–H and O–H groups in total. The number of amides is 1. The highest BCUT2D eigenvalue weighted by Crippen LogP contribution is 2.12. The number of carbonyl (C=O) groups is 1. The molecule has 1 heterocycles. The highest BCUT2D eigenvalue weighted by Gasteiger charge is 2.22. The first kappa shape index (κ1) is 15.8. The van der Waals surface area contributed by atoms with E-state index < -0.39 is 0 Å². The number of piperazine rings is 1. The molecule has 0 atom stereocenters. The standard InChI is InChI=1S/C16H25N3O2/c1-13(2)18-7-9-19(10-8-18)16(20)12-21-15-5-3-14(11-17)4-6-15/h3-6,13H,7-12,17H2,1-2H3. The third-order valence-corrected chi connectivity index (χ3v) is 3.92. The molecule has 116 valence electrons. The SMILES string of the molecule is CC(C)N1CCN(C(=O)COc2ccc(CN)cc2)CC1. The fourth-order valence-electron chi connectivity index (χ4n) is 2.45. The maximum absolute atomic E-state index is 12.1. The fourth-order valence-corrected chi connectivity index (χ4v) is 2.45. The van der Waals surface area contributed by atoms with Crippen LogP contribution >= 0.6 is 0 Å². The van der Waals surface area contributed by atoms with Crippen molar-refractivity contribution in [3.05, 3.63) is 29.8 Å². The molecule has 21 heavy (non-hydrogen) atoms. The van der Waals surface area contributed by atoms with Gasteiger partial charge >= 0.3 is 0 Å². The molecular weight excluding hydrogens is 266 g/mol. The average molecular weight is 291 g/mol. The van der Waals surface area contributed by atoms with Crippen LogP contribution in [0.4, 0.5) is 0 Å². The quantitative estimate of drug-likeness (QED) is 0.882. The van der Waals surface area contributed by atoms with E-state index in [1.54, 1.807) is 0 Å². The van der Waals surface area contributed by atoms with Gasteiger partial charge in [0.2, 0.25) is 0 Å². The lowest BCUT2D eigenvalue weighted by Crippen LogP contribution is -2.51. The third kappa shape index (κ3) is 4.44. The predicted octanol–water partition coefficient (Wildman–Crippen LogP) is 1.08. The average Bonchev–Trinajstić information content (AvgIpc) is 2.53. The largest absolute Gasteiger partial charge is 0.484 e. The van der Waals surface area contributed by atoms with E-state index in [1.807, 2.05) is 29.2 Å². The van der Waals surface area contributed by atoms with Gasteiger partial charge in [0.15, 0.2) is 6.61 Å². The van der Waals surface area contributed by atoms with Crippen LogP contribution in [-0.4, -0.2) is 54.5 Å². The van der Waals surface area contributed by atoms with E-state index in [1.165, 1.54) is 0 Å². The van der Waals surface area contributed by atoms with Crippen LogP contribution in [-0.2, 0) is 11.3 Å². The van der Waals surface area contributed by atoms with E-state index in [0.29, 0.717) is 18.3 Å². The van der Waals surface area contributed by atoms with Gasteiger partial charge in [0.1, 0.15) is 5.75 Å². The first-order valence-corrected chi connectivity index (χ1v) is 7.54. The Hall–Kier alpha value is -1.59. The molecule has 0 saturated carbocycles. The van der Waals surface area contributed by atoms with Crippen LogP contribution in [0.15, 0.2) is 24.3 Å². The van der Waals surface area contributed by atoms with Crippen LogP contribution < -0.4 is 10.5 Å². The summed E-state index contributed by atoms with van der Waals surface area (Å²) < 4.78 is 5.55. The van der Waals surface area contributed by atoms with Gasteiger partial charge in [0, 0.05) is 38.8 Å². The molecule has 1 amide bonds. The number of benzene rings is 1. The van der Waals surface area contributed by atoms with Crippen molar-refractivity contribution < 1.29 is 9.53 Å². The van der Waals surface area contributed by atoms with Crippen molar-refractivity contribution in [3.63, 3.8) is 0 Å². The van der Waals surface area contributed by atoms with Crippen molar-refractivity contribution in [2.24, 2.45) is 5.73 Å². The molecular formula is C16H25N3O2. The van der Waals surface area contributed by atoms with E-state index in [4.69, 9.17) is 10.5 Å². The van der Waals surface area contributed by atoms with Gasteiger partial charge in [-0.05, 0) is 31.5 Å². The van der Waals surface area contributed by atoms with Crippen LogP contribution in [0.5, 0.6) is 5.75 Å². The van der Waals surface area contributed by atoms with Gasteiger partial charge in [-0.3, -0.25) is 9.69 Å². The minimum absolute atomic E-state index is 0.0568. The first-order chi connectivity index (χ1) is 10.1. The normalized spacial score (nSPS) is 16.3. The number of nitrogens with two attached hydrogens (primary N) is 1. The molecule has 5 nitrogen and oxygen atoms in total. The maximum atomic E-state index is 12.1. The van der Waals surface area contributed by atoms with Crippen molar-refractivity contribution in [2.45, 2.75) is 26.4 Å². The molecule has 5 heteroatoms. The zero-order valence-corrected chi connectivity index (χ0v) is 12.9. The zero-order valence-electron chi connectivity index (χ0n) is 12.9. The topological polar surface area (TPSA) is 58.8 Å². The van der Waals surface area contributed by atoms with Crippen LogP contribution in [0.1, 0.15) is 19.4 Å². The zero-order chi connectivity index (χ0) is 15.2. The highest BCUT2D eigenvalue weighted by atomic mass is 16.5. The summed E-state index contributed by atoms with van der Waals surface area (Å²) in [7, 11) is 0. The molecule has 1 fully saturated rings. The Kier molecular flexibility index (Phi) is 5.59. The summed E-state index contributed by atoms with van der Waals surface area (Å²) in [4.78, 5) is 16.4. The molecule has 1 aliphatic rings. The molecule has 0 spiro atoms. The molecule has 0 bridgehead atoms. The summed E-state index contributed by atoms with van der Waals surface area (Å²) in [6.45, 7) is 8.43. The van der Waals surface area contributed by atoms with Crippen molar-refractivity contribution in [1.82, 2.24) is 9.80 Å². The Labute approximate surface area is 126 Å². The lowest BCUT2D eigenvalue weighted by atomic mass is 10.2. The Morgan fingerprint density at radius 2 is 1.81 bits per heavy atom. The van der Waals surface area contributed by atoms with Crippen LogP contribution in [0.2, 0.25) is 0 Å². The van der Waals surface area contributed by atoms with E-state index in [9.17, 15) is 4.79 Å². The molecule has 0 radical (unpaired) electrons. The lowest BCUT2D eigenvalue weighted by Gasteiger charge is -2.36. The van der Waals surface area contributed by atoms with Gasteiger partial charge in [-0.1, -0.05) is 12.1 Å². The number of carbonyl (C=O) groups excluding carboxylic acids is 1. The molecule has 0 aliphatic carbocycles. The predicted molar refractivity (Wildman–Crippen MR) is 83.1 cm³/mol. The fraction of sp³-hybridized carbons (Fsp3) is 0.562. The molecule has 1 aromatic carbocycles. The Balaban J connectivity index is 1.77. The monoisotopic (exact) mass is 291 g/mol. The van der Waals surface area contributed by atoms with Gasteiger partial charge in [-0.2, -0.15) is 0 Å². The van der Waals surface area contributed by atoms with Gasteiger partial charge in [0.05, 0.1) is 0 Å². The van der Waals surface area contributed by atoms with E-state index >= 15 is 0 Å². The molecule has 0 unspecified atom stereocenters. The number of hydrogen-bond acceptors (Lipinski definition) is 4. The van der Waals surface area contributed by atoms with Gasteiger partial charge in [-0.15, -0.1) is 0 Å². The minimum atomic E-state index is 0.0568. The highest BCUT2D eigenvalue weighted by molar-refractivity contribution is 5.77. The van der Waals surface area contributed by atoms with Gasteiger partial charge < -0.3 is 15.4 Å². The smallest absolute Gasteiger partial charge is 0.260 e. The second kappa shape index (κ2) is 7.43. The Bertz CT molecular complexity index is 451. The van der Waals surface area contributed by atoms with Crippen molar-refractivity contribution >= 4 is 5.91 Å². The summed E-state index contributed by atoms with van der Waals surface area (Å²) in [6, 6.07) is 8.08. The van der Waals surface area contributed by atoms with E-state index in [0.717, 1.165) is 31.7 Å². The summed E-state index contributed by atoms with van der Waals surface area (Å²) in [5.41, 5.74) is 6.60. The molecule has 1 saturated heterocycles. The maximum Gasteiger partial charge on any atom is 0.260 e. The lowest BCUT2D eigenvalue weighted by molar-refractivity contribution is -0.135. The van der Waals surface area contributed by atoms with Crippen LogP contribution in [0.3, 0.4) is 0 Å². The summed E-state index contributed by atoms with van der Waals surface area (Å²) in [5.74, 6) is 0.766. The first-order valence-electron chi connectivity index (χ1n) is 7.54. The summed E-state index contributed by atoms with van der Waals surface area (Å²) in [6.07, 6.45) is 0. The Morgan fingerprint density at radius 1 is 1.19 bits per heavy atom. The molecule has 0 aromatic heterocycles. The number of nitrogens with zero attached hydrogens (tertiary/aromatic N) is 2. The molecule has 2 rings (SSSR count). The minimum Gasteiger partial charge on any atom is -0.484 e. The second-order valence-electron chi connectivity index (χ2n) is 5.65. The van der Waals surface area contributed by atoms with Crippen molar-refractivity contribution in [2.75, 3.05) is 32.8 Å². The number of ether oxygens (including phenoxy) is 1. The van der Waals surface area contributed by atoms with E-state index in [2.05, 4.69) is 18.7 Å². The summed E-state index contributed by atoms with van der Waals surface area (Å²) in [5, 5.41) is 0. The van der Waals surface area contributed by atoms with E-state index in [-0.39, 0.29) is 12.5 Å². The number of hydrogen-bond donors (Lipinski definition) is 1. The Morgan fingerprint density at radius 3 is 2.33 bits per heavy atom. The van der Waals surface area contributed by atoms with Crippen molar-refractivity contribution in [3.8, 4) is 5.75 Å². The molecule has 1 aliphatic heterocycles. The number of rotatable bonds is 5. The second-order valence-corrected chi connectivity index (χ2v) is 5.65.